The van der Waals surface area contributed by atoms with Crippen molar-refractivity contribution < 1.29 is 13.2 Å². The summed E-state index contributed by atoms with van der Waals surface area (Å²) in [5.41, 5.74) is 0.518. The van der Waals surface area contributed by atoms with Crippen LogP contribution in [-0.4, -0.2) is 82.0 Å². The number of nitrogens with one attached hydrogen (secondary N) is 2. The molecule has 1 unspecified atom stereocenters. The molecule has 1 atom stereocenters. The molecule has 2 fully saturated rings. The fourth-order valence-electron chi connectivity index (χ4n) is 3.75. The monoisotopic (exact) mass is 478 g/mol. The van der Waals surface area contributed by atoms with Crippen LogP contribution in [0.4, 0.5) is 11.5 Å². The van der Waals surface area contributed by atoms with Gasteiger partial charge in [0.25, 0.3) is 5.88 Å². The molecular formula is C21H30N6O3S2. The summed E-state index contributed by atoms with van der Waals surface area (Å²) in [6, 6.07) is 7.23. The summed E-state index contributed by atoms with van der Waals surface area (Å²) in [4.78, 5) is 15.0. The largest absolute Gasteiger partial charge is 0.470 e. The molecule has 2 saturated heterocycles. The molecule has 32 heavy (non-hydrogen) atoms. The number of piperazine rings is 1. The van der Waals surface area contributed by atoms with Crippen LogP contribution in [0.25, 0.3) is 0 Å². The minimum atomic E-state index is -3.33. The second kappa shape index (κ2) is 10.2. The first-order chi connectivity index (χ1) is 15.4. The van der Waals surface area contributed by atoms with Crippen LogP contribution < -0.4 is 19.7 Å². The van der Waals surface area contributed by atoms with Crippen LogP contribution in [0.5, 0.6) is 5.88 Å². The molecule has 2 aliphatic heterocycles. The Hall–Kier alpha value is -2.08. The van der Waals surface area contributed by atoms with E-state index in [0.717, 1.165) is 69.1 Å². The molecule has 0 saturated carbocycles. The van der Waals surface area contributed by atoms with Crippen LogP contribution in [0, 0.1) is 0 Å². The summed E-state index contributed by atoms with van der Waals surface area (Å²) in [7, 11) is -1.21. The van der Waals surface area contributed by atoms with E-state index in [1.165, 1.54) is 11.8 Å². The van der Waals surface area contributed by atoms with Crippen molar-refractivity contribution in [3.63, 3.8) is 0 Å². The van der Waals surface area contributed by atoms with Gasteiger partial charge in [0.15, 0.2) is 5.82 Å². The Kier molecular flexibility index (Phi) is 7.39. The maximum Gasteiger partial charge on any atom is 0.259 e. The average Bonchev–Trinajstić information content (AvgIpc) is 2.75. The highest BCUT2D eigenvalue weighted by Gasteiger charge is 2.24. The maximum absolute atomic E-state index is 11.5. The Bertz CT molecular complexity index is 1020. The van der Waals surface area contributed by atoms with Gasteiger partial charge in [0.1, 0.15) is 11.1 Å². The lowest BCUT2D eigenvalue weighted by molar-refractivity contribution is 0.159. The van der Waals surface area contributed by atoms with Gasteiger partial charge in [0.05, 0.1) is 12.5 Å². The lowest BCUT2D eigenvalue weighted by atomic mass is 10.1. The van der Waals surface area contributed by atoms with E-state index in [9.17, 15) is 8.42 Å². The van der Waals surface area contributed by atoms with E-state index in [1.807, 2.05) is 12.1 Å². The zero-order chi connectivity index (χ0) is 22.6. The van der Waals surface area contributed by atoms with Crippen molar-refractivity contribution in [2.75, 3.05) is 62.2 Å². The number of aromatic nitrogens is 2. The first-order valence-corrected chi connectivity index (χ1v) is 13.5. The number of anilines is 2. The maximum atomic E-state index is 11.5. The van der Waals surface area contributed by atoms with E-state index in [1.54, 1.807) is 18.3 Å². The number of rotatable bonds is 7. The molecule has 11 heteroatoms. The van der Waals surface area contributed by atoms with E-state index in [4.69, 9.17) is 14.7 Å². The fraction of sp³-hybridized carbons (Fsp3) is 0.524. The summed E-state index contributed by atoms with van der Waals surface area (Å²) in [6.07, 6.45) is 5.05. The standard InChI is InChI=1S/C21H30N6O3S2/c1-26-9-11-27(12-10-26)20-21(30-17-6-4-8-22-14-17)24-19(15-23-20)31-18-7-3-5-16(13-18)25-32(2,28)29/h3,5,7,13,15,17,22,25H,4,6,8-12,14H2,1-2H3. The third-order valence-electron chi connectivity index (χ3n) is 5.39. The van der Waals surface area contributed by atoms with Crippen LogP contribution in [0.3, 0.4) is 0 Å². The Morgan fingerprint density at radius 1 is 1.25 bits per heavy atom. The van der Waals surface area contributed by atoms with Crippen molar-refractivity contribution >= 4 is 33.3 Å². The Balaban J connectivity index is 1.56. The number of hydrogen-bond acceptors (Lipinski definition) is 9. The number of ether oxygens (including phenoxy) is 1. The SMILES string of the molecule is CN1CCN(c2ncc(Sc3cccc(NS(C)(=O)=O)c3)nc2OC2CCCNC2)CC1. The molecule has 2 aromatic rings. The molecule has 4 rings (SSSR count). The third kappa shape index (κ3) is 6.47. The lowest BCUT2D eigenvalue weighted by Gasteiger charge is -2.34. The highest BCUT2D eigenvalue weighted by molar-refractivity contribution is 7.99. The van der Waals surface area contributed by atoms with E-state index < -0.39 is 10.0 Å². The molecule has 9 nitrogen and oxygen atoms in total. The van der Waals surface area contributed by atoms with E-state index >= 15 is 0 Å². The Morgan fingerprint density at radius 2 is 2.06 bits per heavy atom. The molecular weight excluding hydrogens is 448 g/mol. The number of benzene rings is 1. The molecule has 2 N–H and O–H groups in total. The summed E-state index contributed by atoms with van der Waals surface area (Å²) >= 11 is 1.43. The van der Waals surface area contributed by atoms with E-state index in [0.29, 0.717) is 16.6 Å². The van der Waals surface area contributed by atoms with Crippen molar-refractivity contribution in [1.29, 1.82) is 0 Å². The minimum Gasteiger partial charge on any atom is -0.470 e. The highest BCUT2D eigenvalue weighted by atomic mass is 32.2. The van der Waals surface area contributed by atoms with Crippen LogP contribution in [-0.2, 0) is 10.0 Å². The van der Waals surface area contributed by atoms with Crippen molar-refractivity contribution in [3.05, 3.63) is 30.5 Å². The fourth-order valence-corrected chi connectivity index (χ4v) is 5.11. The van der Waals surface area contributed by atoms with Crippen molar-refractivity contribution in [2.45, 2.75) is 28.9 Å². The van der Waals surface area contributed by atoms with Crippen LogP contribution >= 0.6 is 11.8 Å². The third-order valence-corrected chi connectivity index (χ3v) is 6.89. The van der Waals surface area contributed by atoms with Gasteiger partial charge in [0, 0.05) is 43.3 Å². The molecule has 2 aliphatic rings. The van der Waals surface area contributed by atoms with Gasteiger partial charge in [-0.1, -0.05) is 17.8 Å². The first kappa shape index (κ1) is 23.1. The van der Waals surface area contributed by atoms with Gasteiger partial charge >= 0.3 is 0 Å². The molecule has 0 bridgehead atoms. The molecule has 0 amide bonds. The number of piperidine rings is 1. The highest BCUT2D eigenvalue weighted by Crippen LogP contribution is 2.33. The smallest absolute Gasteiger partial charge is 0.259 e. The molecule has 0 spiro atoms. The molecule has 174 valence electrons. The van der Waals surface area contributed by atoms with Gasteiger partial charge < -0.3 is 19.9 Å². The summed E-state index contributed by atoms with van der Waals surface area (Å²) in [6.45, 7) is 5.54. The average molecular weight is 479 g/mol. The Morgan fingerprint density at radius 3 is 2.78 bits per heavy atom. The number of likely N-dealkylation sites (N-methyl/N-ethyl adjacent to an activating group) is 1. The predicted octanol–water partition coefficient (Wildman–Crippen LogP) is 1.88. The molecule has 3 heterocycles. The second-order valence-corrected chi connectivity index (χ2v) is 11.1. The first-order valence-electron chi connectivity index (χ1n) is 10.8. The Labute approximate surface area is 194 Å². The summed E-state index contributed by atoms with van der Waals surface area (Å²) in [5.74, 6) is 1.36. The molecule has 1 aromatic carbocycles. The number of hydrogen-bond donors (Lipinski definition) is 2. The van der Waals surface area contributed by atoms with Gasteiger partial charge in [-0.15, -0.1) is 0 Å². The zero-order valence-corrected chi connectivity index (χ0v) is 20.1. The van der Waals surface area contributed by atoms with Crippen molar-refractivity contribution in [1.82, 2.24) is 20.2 Å². The van der Waals surface area contributed by atoms with Crippen LogP contribution in [0.15, 0.2) is 40.4 Å². The lowest BCUT2D eigenvalue weighted by Crippen LogP contribution is -2.45. The zero-order valence-electron chi connectivity index (χ0n) is 18.5. The second-order valence-electron chi connectivity index (χ2n) is 8.22. The summed E-state index contributed by atoms with van der Waals surface area (Å²) in [5, 5.41) is 4.09. The van der Waals surface area contributed by atoms with Gasteiger partial charge in [-0.05, 0) is 44.6 Å². The van der Waals surface area contributed by atoms with E-state index in [2.05, 4.69) is 26.9 Å². The van der Waals surface area contributed by atoms with Crippen LogP contribution in [0.1, 0.15) is 12.8 Å². The number of nitrogens with zero attached hydrogens (tertiary/aromatic N) is 4. The van der Waals surface area contributed by atoms with Gasteiger partial charge in [-0.25, -0.2) is 18.4 Å². The topological polar surface area (TPSA) is 99.7 Å². The summed E-state index contributed by atoms with van der Waals surface area (Å²) < 4.78 is 31.9. The molecule has 0 radical (unpaired) electrons. The van der Waals surface area contributed by atoms with E-state index in [-0.39, 0.29) is 6.10 Å². The van der Waals surface area contributed by atoms with Gasteiger partial charge in [-0.3, -0.25) is 4.72 Å². The quantitative estimate of drug-likeness (QED) is 0.618. The molecule has 0 aliphatic carbocycles. The van der Waals surface area contributed by atoms with Crippen LogP contribution in [0.2, 0.25) is 0 Å². The predicted molar refractivity (Wildman–Crippen MR) is 127 cm³/mol. The van der Waals surface area contributed by atoms with Gasteiger partial charge in [-0.2, -0.15) is 0 Å². The molecule has 1 aromatic heterocycles. The minimum absolute atomic E-state index is 0.0757. The van der Waals surface area contributed by atoms with Gasteiger partial charge in [0.2, 0.25) is 10.0 Å². The normalized spacial score (nSPS) is 20.2. The van der Waals surface area contributed by atoms with Crippen molar-refractivity contribution in [3.8, 4) is 5.88 Å². The number of sulfonamides is 1. The van der Waals surface area contributed by atoms with Crippen molar-refractivity contribution in [2.24, 2.45) is 0 Å².